The van der Waals surface area contributed by atoms with Crippen LogP contribution in [0.1, 0.15) is 121 Å². The number of carbonyl (C=O) groups excluding carboxylic acids is 2. The third kappa shape index (κ3) is 12.6. The monoisotopic (exact) mass is 634 g/mol. The molecule has 6 nitrogen and oxygen atoms in total. The van der Waals surface area contributed by atoms with Gasteiger partial charge in [0.05, 0.1) is 18.8 Å². The topological polar surface area (TPSA) is 71.1 Å². The summed E-state index contributed by atoms with van der Waals surface area (Å²) in [5.41, 5.74) is -0.517. The minimum atomic E-state index is -1.55. The highest BCUT2D eigenvalue weighted by Crippen LogP contribution is 2.29. The summed E-state index contributed by atoms with van der Waals surface area (Å²) in [5, 5.41) is 0. The average Bonchev–Trinajstić information content (AvgIpc) is 3.05. The van der Waals surface area contributed by atoms with E-state index < -0.39 is 35.3 Å². The first kappa shape index (κ1) is 36.2. The SMILES string of the molecule is CCCCCCCCCCOc1ccc(C(=O)Oc2ccc(OCC3CCC(OC(=O)[C@@H](F)CCCC)CC3)cc2)c(F)c1F. The van der Waals surface area contributed by atoms with E-state index in [1.54, 1.807) is 12.1 Å². The summed E-state index contributed by atoms with van der Waals surface area (Å²) < 4.78 is 65.1. The Morgan fingerprint density at radius 3 is 2.04 bits per heavy atom. The van der Waals surface area contributed by atoms with Crippen molar-refractivity contribution in [2.24, 2.45) is 5.92 Å². The average molecular weight is 635 g/mol. The van der Waals surface area contributed by atoms with Gasteiger partial charge in [-0.3, -0.25) is 0 Å². The molecule has 1 aliphatic rings. The first-order valence-corrected chi connectivity index (χ1v) is 16.7. The fraction of sp³-hybridized carbons (Fsp3) is 0.611. The lowest BCUT2D eigenvalue weighted by molar-refractivity contribution is -0.157. The van der Waals surface area contributed by atoms with E-state index in [4.69, 9.17) is 18.9 Å². The van der Waals surface area contributed by atoms with E-state index in [-0.39, 0.29) is 36.5 Å². The molecule has 0 saturated heterocycles. The van der Waals surface area contributed by atoms with Crippen LogP contribution in [0.5, 0.6) is 17.2 Å². The highest BCUT2D eigenvalue weighted by molar-refractivity contribution is 5.91. The van der Waals surface area contributed by atoms with Crippen LogP contribution in [-0.2, 0) is 9.53 Å². The lowest BCUT2D eigenvalue weighted by Gasteiger charge is -2.28. The molecular weight excluding hydrogens is 585 g/mol. The van der Waals surface area contributed by atoms with Crippen molar-refractivity contribution in [1.82, 2.24) is 0 Å². The number of alkyl halides is 1. The van der Waals surface area contributed by atoms with Crippen LogP contribution in [0, 0.1) is 17.6 Å². The molecule has 2 aromatic rings. The number of carbonyl (C=O) groups is 2. The van der Waals surface area contributed by atoms with Gasteiger partial charge in [-0.25, -0.2) is 18.4 Å². The highest BCUT2D eigenvalue weighted by atomic mass is 19.2. The molecule has 0 aromatic heterocycles. The number of benzene rings is 2. The van der Waals surface area contributed by atoms with E-state index in [2.05, 4.69) is 6.92 Å². The van der Waals surface area contributed by atoms with Gasteiger partial charge in [0.15, 0.2) is 17.7 Å². The molecule has 45 heavy (non-hydrogen) atoms. The Labute approximate surface area is 266 Å². The van der Waals surface area contributed by atoms with Crippen LogP contribution >= 0.6 is 0 Å². The van der Waals surface area contributed by atoms with Crippen LogP contribution in [0.4, 0.5) is 13.2 Å². The minimum Gasteiger partial charge on any atom is -0.493 e. The third-order valence-electron chi connectivity index (χ3n) is 8.19. The molecule has 0 aliphatic heterocycles. The molecule has 250 valence electrons. The molecule has 0 unspecified atom stereocenters. The molecule has 0 amide bonds. The van der Waals surface area contributed by atoms with Crippen LogP contribution < -0.4 is 14.2 Å². The number of halogens is 3. The van der Waals surface area contributed by atoms with Gasteiger partial charge in [0, 0.05) is 0 Å². The van der Waals surface area contributed by atoms with Gasteiger partial charge < -0.3 is 18.9 Å². The summed E-state index contributed by atoms with van der Waals surface area (Å²) in [4.78, 5) is 24.5. The summed E-state index contributed by atoms with van der Waals surface area (Å²) in [6, 6.07) is 8.72. The van der Waals surface area contributed by atoms with Gasteiger partial charge >= 0.3 is 11.9 Å². The van der Waals surface area contributed by atoms with Crippen molar-refractivity contribution in [1.29, 1.82) is 0 Å². The van der Waals surface area contributed by atoms with Crippen molar-refractivity contribution in [2.75, 3.05) is 13.2 Å². The summed E-state index contributed by atoms with van der Waals surface area (Å²) >= 11 is 0. The van der Waals surface area contributed by atoms with E-state index in [0.717, 1.165) is 38.5 Å². The zero-order chi connectivity index (χ0) is 32.4. The second-order valence-electron chi connectivity index (χ2n) is 11.9. The Morgan fingerprint density at radius 1 is 0.756 bits per heavy atom. The summed E-state index contributed by atoms with van der Waals surface area (Å²) in [6.45, 7) is 4.87. The van der Waals surface area contributed by atoms with Crippen molar-refractivity contribution in [3.63, 3.8) is 0 Å². The quantitative estimate of drug-likeness (QED) is 0.0821. The Morgan fingerprint density at radius 2 is 1.38 bits per heavy atom. The molecule has 0 bridgehead atoms. The predicted octanol–water partition coefficient (Wildman–Crippen LogP) is 9.71. The van der Waals surface area contributed by atoms with E-state index >= 15 is 0 Å². The summed E-state index contributed by atoms with van der Waals surface area (Å²) in [6.07, 6.45) is 11.7. The van der Waals surface area contributed by atoms with E-state index in [1.807, 2.05) is 6.92 Å². The van der Waals surface area contributed by atoms with Gasteiger partial charge in [0.1, 0.15) is 17.6 Å². The maximum absolute atomic E-state index is 14.7. The molecule has 9 heteroatoms. The van der Waals surface area contributed by atoms with Crippen molar-refractivity contribution in [3.05, 3.63) is 53.6 Å². The Balaban J connectivity index is 1.37. The first-order chi connectivity index (χ1) is 21.8. The van der Waals surface area contributed by atoms with Crippen molar-refractivity contribution in [3.8, 4) is 17.2 Å². The zero-order valence-corrected chi connectivity index (χ0v) is 26.8. The van der Waals surface area contributed by atoms with Gasteiger partial charge in [-0.1, -0.05) is 71.6 Å². The van der Waals surface area contributed by atoms with Gasteiger partial charge in [-0.15, -0.1) is 0 Å². The smallest absolute Gasteiger partial charge is 0.346 e. The molecule has 1 fully saturated rings. The molecule has 0 spiro atoms. The summed E-state index contributed by atoms with van der Waals surface area (Å²) in [7, 11) is 0. The standard InChI is InChI=1S/C36H49F3O6/c1-3-5-7-8-9-10-11-12-24-42-32-23-22-30(33(38)34(32)39)35(40)44-29-20-18-27(19-21-29)43-25-26-14-16-28(17-15-26)45-36(41)31(37)13-6-4-2/h18-23,26,28,31H,3-17,24-25H2,1-2H3/t26?,28?,31-/m0/s1. The molecule has 1 saturated carbocycles. The largest absolute Gasteiger partial charge is 0.493 e. The highest BCUT2D eigenvalue weighted by Gasteiger charge is 2.27. The molecule has 0 N–H and O–H groups in total. The van der Waals surface area contributed by atoms with Crippen LogP contribution in [0.2, 0.25) is 0 Å². The van der Waals surface area contributed by atoms with Crippen LogP contribution in [0.15, 0.2) is 36.4 Å². The van der Waals surface area contributed by atoms with Crippen molar-refractivity contribution >= 4 is 11.9 Å². The van der Waals surface area contributed by atoms with E-state index in [0.29, 0.717) is 31.6 Å². The van der Waals surface area contributed by atoms with Crippen molar-refractivity contribution < 1.29 is 41.7 Å². The number of hydrogen-bond donors (Lipinski definition) is 0. The molecular formula is C36H49F3O6. The first-order valence-electron chi connectivity index (χ1n) is 16.7. The number of ether oxygens (including phenoxy) is 4. The minimum absolute atomic E-state index is 0.162. The number of esters is 2. The molecule has 2 aromatic carbocycles. The van der Waals surface area contributed by atoms with Crippen LogP contribution in [-0.4, -0.2) is 37.4 Å². The summed E-state index contributed by atoms with van der Waals surface area (Å²) in [5.74, 6) is -3.52. The Kier molecular flexibility index (Phi) is 16.1. The molecule has 0 heterocycles. The molecule has 1 atom stereocenters. The lowest BCUT2D eigenvalue weighted by Crippen LogP contribution is -2.30. The van der Waals surface area contributed by atoms with Gasteiger partial charge in [0.2, 0.25) is 5.82 Å². The lowest BCUT2D eigenvalue weighted by atomic mass is 9.88. The second-order valence-corrected chi connectivity index (χ2v) is 11.9. The number of hydrogen-bond acceptors (Lipinski definition) is 6. The molecule has 1 aliphatic carbocycles. The fourth-order valence-corrected chi connectivity index (χ4v) is 5.35. The predicted molar refractivity (Wildman–Crippen MR) is 168 cm³/mol. The maximum Gasteiger partial charge on any atom is 0.346 e. The normalized spacial score (nSPS) is 17.0. The Bertz CT molecular complexity index is 1160. The molecule has 3 rings (SSSR count). The van der Waals surface area contributed by atoms with Crippen molar-refractivity contribution in [2.45, 2.75) is 122 Å². The number of unbranched alkanes of at least 4 members (excludes halogenated alkanes) is 8. The van der Waals surface area contributed by atoms with Gasteiger partial charge in [-0.05, 0) is 80.8 Å². The fourth-order valence-electron chi connectivity index (χ4n) is 5.35. The van der Waals surface area contributed by atoms with Crippen LogP contribution in [0.3, 0.4) is 0 Å². The van der Waals surface area contributed by atoms with Gasteiger partial charge in [-0.2, -0.15) is 4.39 Å². The third-order valence-corrected chi connectivity index (χ3v) is 8.19. The van der Waals surface area contributed by atoms with Crippen LogP contribution in [0.25, 0.3) is 0 Å². The van der Waals surface area contributed by atoms with Gasteiger partial charge in [0.25, 0.3) is 0 Å². The zero-order valence-electron chi connectivity index (χ0n) is 26.8. The second kappa shape index (κ2) is 20.0. The van der Waals surface area contributed by atoms with E-state index in [9.17, 15) is 22.8 Å². The molecule has 0 radical (unpaired) electrons. The maximum atomic E-state index is 14.7. The Hall–Kier alpha value is -3.23. The van der Waals surface area contributed by atoms with E-state index in [1.165, 1.54) is 56.4 Å². The number of rotatable bonds is 20.